The highest BCUT2D eigenvalue weighted by Crippen LogP contribution is 2.24. The Morgan fingerprint density at radius 1 is 1.21 bits per heavy atom. The van der Waals surface area contributed by atoms with Crippen LogP contribution < -0.4 is 0 Å². The van der Waals surface area contributed by atoms with Crippen LogP contribution in [0, 0.1) is 11.8 Å². The van der Waals surface area contributed by atoms with Crippen LogP contribution in [0.3, 0.4) is 0 Å². The minimum Gasteiger partial charge on any atom is -0.294 e. The Hall–Kier alpha value is -1.90. The molecular weight excluding hydrogens is 344 g/mol. The van der Waals surface area contributed by atoms with Crippen LogP contribution in [0.15, 0.2) is 36.1 Å². The molecule has 0 N–H and O–H groups in total. The zero-order valence-electron chi connectivity index (χ0n) is 19.1. The lowest BCUT2D eigenvalue weighted by Crippen LogP contribution is -2.04. The van der Waals surface area contributed by atoms with Crippen LogP contribution in [0.4, 0.5) is 0 Å². The monoisotopic (exact) mass is 384 g/mol. The summed E-state index contributed by atoms with van der Waals surface area (Å²) in [6, 6.07) is 0. The molecule has 28 heavy (non-hydrogen) atoms. The van der Waals surface area contributed by atoms with Crippen LogP contribution in [0.1, 0.15) is 84.9 Å². The molecule has 0 saturated carbocycles. The van der Waals surface area contributed by atoms with E-state index in [2.05, 4.69) is 46.3 Å². The fraction of sp³-hybridized carbons (Fsp3) is 0.600. The summed E-state index contributed by atoms with van der Waals surface area (Å²) >= 11 is 0. The summed E-state index contributed by atoms with van der Waals surface area (Å²) in [5, 5.41) is 4.46. The van der Waals surface area contributed by atoms with Gasteiger partial charge in [-0.3, -0.25) is 9.48 Å². The second kappa shape index (κ2) is 11.8. The third-order valence-electron chi connectivity index (χ3n) is 5.96. The van der Waals surface area contributed by atoms with Crippen LogP contribution in [0.2, 0.25) is 0 Å². The van der Waals surface area contributed by atoms with Gasteiger partial charge in [-0.25, -0.2) is 0 Å². The Balaban J connectivity index is 3.12. The van der Waals surface area contributed by atoms with Gasteiger partial charge in [0.2, 0.25) is 0 Å². The zero-order chi connectivity index (χ0) is 21.3. The molecule has 0 aliphatic carbocycles. The normalized spacial score (nSPS) is 14.8. The van der Waals surface area contributed by atoms with E-state index in [1.165, 1.54) is 24.1 Å². The van der Waals surface area contributed by atoms with Crippen molar-refractivity contribution < 1.29 is 4.79 Å². The van der Waals surface area contributed by atoms with Gasteiger partial charge in [0.1, 0.15) is 0 Å². The first-order valence-electron chi connectivity index (χ1n) is 10.9. The summed E-state index contributed by atoms with van der Waals surface area (Å²) in [7, 11) is 1.99. The third kappa shape index (κ3) is 6.92. The Morgan fingerprint density at radius 2 is 1.89 bits per heavy atom. The van der Waals surface area contributed by atoms with E-state index in [-0.39, 0.29) is 5.78 Å². The van der Waals surface area contributed by atoms with Gasteiger partial charge in [-0.15, -0.1) is 0 Å². The van der Waals surface area contributed by atoms with E-state index in [1.807, 2.05) is 37.0 Å². The molecule has 1 aromatic rings. The maximum absolute atomic E-state index is 12.5. The molecule has 1 heterocycles. The van der Waals surface area contributed by atoms with Gasteiger partial charge in [0.15, 0.2) is 5.78 Å². The lowest BCUT2D eigenvalue weighted by molar-refractivity contribution is -0.115. The molecule has 0 spiro atoms. The lowest BCUT2D eigenvalue weighted by Gasteiger charge is -2.12. The average molecular weight is 385 g/mol. The smallest absolute Gasteiger partial charge is 0.162 e. The minimum absolute atomic E-state index is 0.158. The van der Waals surface area contributed by atoms with Gasteiger partial charge < -0.3 is 0 Å². The van der Waals surface area contributed by atoms with Crippen molar-refractivity contribution >= 4 is 11.4 Å². The fourth-order valence-electron chi connectivity index (χ4n) is 3.23. The maximum atomic E-state index is 12.5. The van der Waals surface area contributed by atoms with Crippen molar-refractivity contribution in [2.45, 2.75) is 80.1 Å². The van der Waals surface area contributed by atoms with Crippen molar-refractivity contribution in [1.82, 2.24) is 9.78 Å². The highest BCUT2D eigenvalue weighted by Gasteiger charge is 2.14. The first-order chi connectivity index (χ1) is 13.2. The van der Waals surface area contributed by atoms with Crippen LogP contribution in [0.25, 0.3) is 5.57 Å². The van der Waals surface area contributed by atoms with E-state index >= 15 is 0 Å². The minimum atomic E-state index is 0.158. The zero-order valence-corrected chi connectivity index (χ0v) is 19.1. The molecule has 0 bridgehead atoms. The molecule has 0 saturated heterocycles. The van der Waals surface area contributed by atoms with Gasteiger partial charge in [0.25, 0.3) is 0 Å². The second-order valence-corrected chi connectivity index (χ2v) is 8.13. The number of nitrogens with zero attached hydrogens (tertiary/aromatic N) is 2. The van der Waals surface area contributed by atoms with Gasteiger partial charge in [-0.2, -0.15) is 5.10 Å². The van der Waals surface area contributed by atoms with Crippen molar-refractivity contribution in [3.63, 3.8) is 0 Å². The molecular formula is C25H40N2O. The van der Waals surface area contributed by atoms with E-state index < -0.39 is 0 Å². The van der Waals surface area contributed by atoms with Crippen molar-refractivity contribution in [2.24, 2.45) is 18.9 Å². The quantitative estimate of drug-likeness (QED) is 0.297. The average Bonchev–Trinajstić information content (AvgIpc) is 3.06. The number of hydrogen-bond acceptors (Lipinski definition) is 2. The second-order valence-electron chi connectivity index (χ2n) is 8.13. The molecule has 2 unspecified atom stereocenters. The number of hydrogen-bond donors (Lipinski definition) is 0. The number of Topliss-reactive ketones (excluding diaryl/α,β-unsaturated/α-hetero) is 1. The third-order valence-corrected chi connectivity index (χ3v) is 5.96. The van der Waals surface area contributed by atoms with Crippen LogP contribution >= 0.6 is 0 Å². The number of rotatable bonds is 12. The predicted molar refractivity (Wildman–Crippen MR) is 121 cm³/mol. The van der Waals surface area contributed by atoms with Crippen LogP contribution in [0.5, 0.6) is 0 Å². The van der Waals surface area contributed by atoms with Crippen molar-refractivity contribution in [1.29, 1.82) is 0 Å². The summed E-state index contributed by atoms with van der Waals surface area (Å²) < 4.78 is 1.95. The number of carbonyl (C=O) groups excluding carboxylic acids is 1. The standard InChI is InChI=1S/C25H40N2O/c1-9-18(4)13-12-14-24-23(17-26-27(24)8)21(7)16-22(25(28)11-3)15-20(6)19(5)10-2/h15-19H,7,9-14H2,1-6,8H3/b20-15-,22-16+. The van der Waals surface area contributed by atoms with Gasteiger partial charge in [0.05, 0.1) is 6.20 Å². The molecule has 0 amide bonds. The number of aromatic nitrogens is 2. The van der Waals surface area contributed by atoms with Gasteiger partial charge >= 0.3 is 0 Å². The molecule has 0 aliphatic rings. The Kier molecular flexibility index (Phi) is 10.2. The number of aryl methyl sites for hydroxylation is 1. The highest BCUT2D eigenvalue weighted by atomic mass is 16.1. The molecule has 1 rings (SSSR count). The van der Waals surface area contributed by atoms with Gasteiger partial charge in [-0.05, 0) is 49.7 Å². The summed E-state index contributed by atoms with van der Waals surface area (Å²) in [5.41, 5.74) is 5.12. The summed E-state index contributed by atoms with van der Waals surface area (Å²) in [4.78, 5) is 12.5. The molecule has 3 nitrogen and oxygen atoms in total. The summed E-state index contributed by atoms with van der Waals surface area (Å²) in [6.07, 6.45) is 12.0. The van der Waals surface area contributed by atoms with Crippen molar-refractivity contribution in [3.8, 4) is 0 Å². The lowest BCUT2D eigenvalue weighted by atomic mass is 9.94. The summed E-state index contributed by atoms with van der Waals surface area (Å²) in [6.45, 7) is 17.2. The van der Waals surface area contributed by atoms with Crippen LogP contribution in [-0.2, 0) is 18.3 Å². The largest absolute Gasteiger partial charge is 0.294 e. The van der Waals surface area contributed by atoms with E-state index in [4.69, 9.17) is 0 Å². The first kappa shape index (κ1) is 24.1. The number of allylic oxidation sites excluding steroid dienone is 5. The van der Waals surface area contributed by atoms with Crippen molar-refractivity contribution in [3.05, 3.63) is 47.3 Å². The highest BCUT2D eigenvalue weighted by molar-refractivity contribution is 6.00. The molecule has 0 aromatic carbocycles. The van der Waals surface area contributed by atoms with Crippen LogP contribution in [-0.4, -0.2) is 15.6 Å². The van der Waals surface area contributed by atoms with Gasteiger partial charge in [-0.1, -0.05) is 65.7 Å². The predicted octanol–water partition coefficient (Wildman–Crippen LogP) is 6.70. The van der Waals surface area contributed by atoms with E-state index in [9.17, 15) is 4.79 Å². The topological polar surface area (TPSA) is 34.9 Å². The van der Waals surface area contributed by atoms with Gasteiger partial charge in [0, 0.05) is 30.3 Å². The van der Waals surface area contributed by atoms with E-state index in [1.54, 1.807) is 0 Å². The Morgan fingerprint density at radius 3 is 2.46 bits per heavy atom. The molecule has 156 valence electrons. The molecule has 1 aromatic heterocycles. The molecule has 0 radical (unpaired) electrons. The summed E-state index contributed by atoms with van der Waals surface area (Å²) in [5.74, 6) is 1.38. The fourth-order valence-corrected chi connectivity index (χ4v) is 3.23. The molecule has 0 fully saturated rings. The molecule has 3 heteroatoms. The number of ketones is 1. The SMILES string of the molecule is C=C(/C=C(\C=C(\C)C(C)CC)C(=O)CC)c1cnn(C)c1CCCC(C)CC. The molecule has 0 aliphatic heterocycles. The number of carbonyl (C=O) groups is 1. The molecule has 2 atom stereocenters. The van der Waals surface area contributed by atoms with E-state index in [0.29, 0.717) is 12.3 Å². The van der Waals surface area contributed by atoms with E-state index in [0.717, 1.165) is 41.9 Å². The maximum Gasteiger partial charge on any atom is 0.162 e. The van der Waals surface area contributed by atoms with Crippen molar-refractivity contribution in [2.75, 3.05) is 0 Å². The first-order valence-corrected chi connectivity index (χ1v) is 10.9. The Bertz CT molecular complexity index is 721. The Labute approximate surface area is 172 Å².